The Hall–Kier alpha value is -0.130. The quantitative estimate of drug-likeness (QED) is 0.674. The topological polar surface area (TPSA) is 58.2 Å². The van der Waals surface area contributed by atoms with Gasteiger partial charge in [-0.2, -0.15) is 0 Å². The first kappa shape index (κ1) is 16.9. The van der Waals surface area contributed by atoms with E-state index in [1.807, 2.05) is 0 Å². The molecule has 1 aliphatic carbocycles. The molecular formula is C14H30N2O2S. The predicted molar refractivity (Wildman–Crippen MR) is 80.7 cm³/mol. The van der Waals surface area contributed by atoms with Gasteiger partial charge in [-0.15, -0.1) is 0 Å². The molecule has 1 fully saturated rings. The average Bonchev–Trinajstić information content (AvgIpc) is 2.38. The first-order valence-corrected chi connectivity index (χ1v) is 9.13. The zero-order chi connectivity index (χ0) is 14.4. The lowest BCUT2D eigenvalue weighted by Crippen LogP contribution is -2.43. The molecule has 5 heteroatoms. The van der Waals surface area contributed by atoms with E-state index in [4.69, 9.17) is 0 Å². The van der Waals surface area contributed by atoms with Crippen LogP contribution in [0.15, 0.2) is 0 Å². The molecule has 2 N–H and O–H groups in total. The Kier molecular flexibility index (Phi) is 6.77. The molecule has 1 rings (SSSR count). The molecule has 0 amide bonds. The second kappa shape index (κ2) is 7.60. The van der Waals surface area contributed by atoms with Gasteiger partial charge in [-0.3, -0.25) is 0 Å². The Bertz CT molecular complexity index is 348. The molecule has 0 radical (unpaired) electrons. The Labute approximate surface area is 118 Å². The Morgan fingerprint density at radius 1 is 1.21 bits per heavy atom. The zero-order valence-electron chi connectivity index (χ0n) is 12.7. The monoisotopic (exact) mass is 290 g/mol. The van der Waals surface area contributed by atoms with Crippen molar-refractivity contribution in [3.63, 3.8) is 0 Å². The smallest absolute Gasteiger partial charge is 0.215 e. The van der Waals surface area contributed by atoms with Crippen LogP contribution < -0.4 is 10.0 Å². The highest BCUT2D eigenvalue weighted by atomic mass is 32.2. The summed E-state index contributed by atoms with van der Waals surface area (Å²) in [4.78, 5) is 0. The lowest BCUT2D eigenvalue weighted by molar-refractivity contribution is 0.219. The minimum atomic E-state index is -3.19. The summed E-state index contributed by atoms with van der Waals surface area (Å²) in [6.07, 6.45) is 7.05. The van der Waals surface area contributed by atoms with Crippen LogP contribution in [0.5, 0.6) is 0 Å². The van der Waals surface area contributed by atoms with E-state index in [1.54, 1.807) is 6.92 Å². The molecule has 0 heterocycles. The molecule has 0 aliphatic heterocycles. The number of nitrogens with one attached hydrogen (secondary N) is 2. The van der Waals surface area contributed by atoms with E-state index in [-0.39, 0.29) is 10.7 Å². The third-order valence-electron chi connectivity index (χ3n) is 4.15. The predicted octanol–water partition coefficient (Wildman–Crippen LogP) is 2.26. The fraction of sp³-hybridized carbons (Fsp3) is 1.00. The summed E-state index contributed by atoms with van der Waals surface area (Å²) in [5, 5.41) is 2.80. The van der Waals surface area contributed by atoms with Gasteiger partial charge in [0.25, 0.3) is 0 Å². The summed E-state index contributed by atoms with van der Waals surface area (Å²) in [6.45, 7) is 8.04. The Balaban J connectivity index is 2.40. The molecule has 1 aliphatic rings. The fourth-order valence-corrected chi connectivity index (χ4v) is 3.76. The molecule has 0 aromatic carbocycles. The van der Waals surface area contributed by atoms with Crippen molar-refractivity contribution in [1.82, 2.24) is 10.0 Å². The summed E-state index contributed by atoms with van der Waals surface area (Å²) in [5.41, 5.74) is 0.155. The maximum Gasteiger partial charge on any atom is 0.215 e. The van der Waals surface area contributed by atoms with Gasteiger partial charge in [0.15, 0.2) is 0 Å². The summed E-state index contributed by atoms with van der Waals surface area (Å²) in [6, 6.07) is 0. The minimum absolute atomic E-state index is 0.155. The maximum atomic E-state index is 12.2. The largest absolute Gasteiger partial charge is 0.315 e. The maximum absolute atomic E-state index is 12.2. The second-order valence-corrected chi connectivity index (χ2v) is 8.44. The highest BCUT2D eigenvalue weighted by Crippen LogP contribution is 2.35. The number of rotatable bonds is 8. The van der Waals surface area contributed by atoms with Crippen molar-refractivity contribution in [1.29, 1.82) is 0 Å². The van der Waals surface area contributed by atoms with Crippen LogP contribution in [0.4, 0.5) is 0 Å². The van der Waals surface area contributed by atoms with Crippen molar-refractivity contribution in [3.05, 3.63) is 0 Å². The molecule has 0 saturated heterocycles. The lowest BCUT2D eigenvalue weighted by Gasteiger charge is -2.34. The molecule has 114 valence electrons. The van der Waals surface area contributed by atoms with Crippen LogP contribution in [0.2, 0.25) is 0 Å². The van der Waals surface area contributed by atoms with E-state index in [9.17, 15) is 8.42 Å². The van der Waals surface area contributed by atoms with Crippen molar-refractivity contribution in [3.8, 4) is 0 Å². The number of hydrogen-bond donors (Lipinski definition) is 2. The van der Waals surface area contributed by atoms with Crippen molar-refractivity contribution in [2.24, 2.45) is 5.41 Å². The molecule has 1 atom stereocenters. The molecular weight excluding hydrogens is 260 g/mol. The van der Waals surface area contributed by atoms with Crippen LogP contribution >= 0.6 is 0 Å². The van der Waals surface area contributed by atoms with Crippen LogP contribution in [0, 0.1) is 5.41 Å². The van der Waals surface area contributed by atoms with Crippen molar-refractivity contribution in [2.75, 3.05) is 19.6 Å². The number of sulfonamides is 1. The molecule has 1 saturated carbocycles. The van der Waals surface area contributed by atoms with Gasteiger partial charge in [-0.1, -0.05) is 33.1 Å². The molecule has 0 aromatic rings. The van der Waals surface area contributed by atoms with Gasteiger partial charge in [0, 0.05) is 13.1 Å². The van der Waals surface area contributed by atoms with Crippen LogP contribution in [0.1, 0.15) is 59.3 Å². The molecule has 0 aromatic heterocycles. The Morgan fingerprint density at radius 2 is 1.84 bits per heavy atom. The van der Waals surface area contributed by atoms with Crippen molar-refractivity contribution in [2.45, 2.75) is 64.5 Å². The van der Waals surface area contributed by atoms with Crippen molar-refractivity contribution >= 4 is 10.0 Å². The second-order valence-electron chi connectivity index (χ2n) is 6.25. The van der Waals surface area contributed by atoms with E-state index < -0.39 is 10.0 Å². The SMILES string of the molecule is CCCNCC(C)S(=O)(=O)NCC1(C)CCCCC1. The minimum Gasteiger partial charge on any atom is -0.315 e. The van der Waals surface area contributed by atoms with Crippen molar-refractivity contribution < 1.29 is 8.42 Å². The van der Waals surface area contributed by atoms with Crippen LogP contribution in [-0.4, -0.2) is 33.3 Å². The van der Waals surface area contributed by atoms with E-state index in [2.05, 4.69) is 23.9 Å². The summed E-state index contributed by atoms with van der Waals surface area (Å²) in [5.74, 6) is 0. The fourth-order valence-electron chi connectivity index (χ4n) is 2.59. The van der Waals surface area contributed by atoms with Gasteiger partial charge in [-0.25, -0.2) is 13.1 Å². The van der Waals surface area contributed by atoms with Gasteiger partial charge in [0.1, 0.15) is 0 Å². The average molecular weight is 290 g/mol. The normalized spacial score (nSPS) is 21.2. The van der Waals surface area contributed by atoms with Gasteiger partial charge in [0.05, 0.1) is 5.25 Å². The van der Waals surface area contributed by atoms with E-state index in [1.165, 1.54) is 19.3 Å². The van der Waals surface area contributed by atoms with E-state index >= 15 is 0 Å². The van der Waals surface area contributed by atoms with Crippen LogP contribution in [0.3, 0.4) is 0 Å². The van der Waals surface area contributed by atoms with Gasteiger partial charge >= 0.3 is 0 Å². The standard InChI is InChI=1S/C14H30N2O2S/c1-4-10-15-11-13(2)19(17,18)16-12-14(3)8-6-5-7-9-14/h13,15-16H,4-12H2,1-3H3. The molecule has 0 bridgehead atoms. The highest BCUT2D eigenvalue weighted by Gasteiger charge is 2.29. The van der Waals surface area contributed by atoms with Crippen LogP contribution in [-0.2, 0) is 10.0 Å². The Morgan fingerprint density at radius 3 is 2.42 bits per heavy atom. The molecule has 4 nitrogen and oxygen atoms in total. The summed E-state index contributed by atoms with van der Waals surface area (Å²) >= 11 is 0. The third kappa shape index (κ3) is 5.79. The van der Waals surface area contributed by atoms with E-state index in [0.717, 1.165) is 25.8 Å². The van der Waals surface area contributed by atoms with E-state index in [0.29, 0.717) is 13.1 Å². The molecule has 19 heavy (non-hydrogen) atoms. The third-order valence-corrected chi connectivity index (χ3v) is 5.92. The lowest BCUT2D eigenvalue weighted by atomic mass is 9.76. The molecule has 1 unspecified atom stereocenters. The van der Waals surface area contributed by atoms with Crippen LogP contribution in [0.25, 0.3) is 0 Å². The summed E-state index contributed by atoms with van der Waals surface area (Å²) in [7, 11) is -3.19. The first-order chi connectivity index (χ1) is 8.90. The van der Waals surface area contributed by atoms with Gasteiger partial charge in [0.2, 0.25) is 10.0 Å². The highest BCUT2D eigenvalue weighted by molar-refractivity contribution is 7.90. The molecule has 0 spiro atoms. The van der Waals surface area contributed by atoms with Gasteiger partial charge in [-0.05, 0) is 38.1 Å². The first-order valence-electron chi connectivity index (χ1n) is 7.59. The summed E-state index contributed by atoms with van der Waals surface area (Å²) < 4.78 is 27.1. The van der Waals surface area contributed by atoms with Gasteiger partial charge < -0.3 is 5.32 Å². The zero-order valence-corrected chi connectivity index (χ0v) is 13.5. The number of hydrogen-bond acceptors (Lipinski definition) is 3.